The largest absolute Gasteiger partial charge is 0.465 e. The molecule has 1 aromatic carbocycles. The molecule has 0 saturated carbocycles. The van der Waals surface area contributed by atoms with Crippen LogP contribution < -0.4 is 4.80 Å². The standard InChI is InChI=1S/C23H27N3O5S3/c1-4-31-19(27)14-26-18-12-15(2)11-16(3)21(18)33-23(26)24-22(28)17-7-5-9-25(13-17)34(29,30)20-8-6-10-32-20/h6,8,10-12,17H,4-5,7,9,13-14H2,1-3H3. The predicted octanol–water partition coefficient (Wildman–Crippen LogP) is 3.47. The zero-order valence-electron chi connectivity index (χ0n) is 19.3. The number of ether oxygens (including phenoxy) is 1. The van der Waals surface area contributed by atoms with Gasteiger partial charge in [-0.25, -0.2) is 8.42 Å². The summed E-state index contributed by atoms with van der Waals surface area (Å²) >= 11 is 2.52. The number of aromatic nitrogens is 1. The summed E-state index contributed by atoms with van der Waals surface area (Å²) in [6, 6.07) is 7.30. The van der Waals surface area contributed by atoms with Crippen LogP contribution in [0.1, 0.15) is 30.9 Å². The lowest BCUT2D eigenvalue weighted by Crippen LogP contribution is -2.42. The Bertz CT molecular complexity index is 1390. The molecule has 34 heavy (non-hydrogen) atoms. The van der Waals surface area contributed by atoms with Gasteiger partial charge in [-0.2, -0.15) is 9.30 Å². The van der Waals surface area contributed by atoms with E-state index in [9.17, 15) is 18.0 Å². The molecule has 2 aromatic heterocycles. The summed E-state index contributed by atoms with van der Waals surface area (Å²) < 4.78 is 35.3. The SMILES string of the molecule is CCOC(=O)Cn1c(=NC(=O)C2CCCN(S(=O)(=O)c3cccs3)C2)sc2c(C)cc(C)cc21. The van der Waals surface area contributed by atoms with E-state index < -0.39 is 21.9 Å². The third kappa shape index (κ3) is 5.02. The summed E-state index contributed by atoms with van der Waals surface area (Å²) in [6.07, 6.45) is 1.16. The Morgan fingerprint density at radius 3 is 2.76 bits per heavy atom. The number of fused-ring (bicyclic) bond motifs is 1. The van der Waals surface area contributed by atoms with Crippen molar-refractivity contribution in [3.05, 3.63) is 45.6 Å². The summed E-state index contributed by atoms with van der Waals surface area (Å²) in [5.41, 5.74) is 2.91. The van der Waals surface area contributed by atoms with Crippen molar-refractivity contribution in [3.63, 3.8) is 0 Å². The quantitative estimate of drug-likeness (QED) is 0.463. The number of esters is 1. The van der Waals surface area contributed by atoms with Gasteiger partial charge in [0.05, 0.1) is 22.7 Å². The summed E-state index contributed by atoms with van der Waals surface area (Å²) in [4.78, 5) is 30.3. The van der Waals surface area contributed by atoms with E-state index in [0.29, 0.717) is 24.2 Å². The van der Waals surface area contributed by atoms with Crippen LogP contribution in [0.3, 0.4) is 0 Å². The first-order valence-corrected chi connectivity index (χ1v) is 14.2. The Labute approximate surface area is 206 Å². The van der Waals surface area contributed by atoms with E-state index in [1.807, 2.05) is 26.0 Å². The first-order valence-electron chi connectivity index (χ1n) is 11.1. The molecule has 3 aromatic rings. The number of hydrogen-bond donors (Lipinski definition) is 0. The van der Waals surface area contributed by atoms with Crippen molar-refractivity contribution in [1.82, 2.24) is 8.87 Å². The molecule has 1 saturated heterocycles. The minimum atomic E-state index is -3.63. The number of rotatable bonds is 6. The fourth-order valence-corrected chi connectivity index (χ4v) is 7.92. The number of carbonyl (C=O) groups is 2. The van der Waals surface area contributed by atoms with Crippen LogP contribution in [0.4, 0.5) is 0 Å². The van der Waals surface area contributed by atoms with E-state index in [1.54, 1.807) is 29.0 Å². The average molecular weight is 522 g/mol. The van der Waals surface area contributed by atoms with Gasteiger partial charge in [0.15, 0.2) is 4.80 Å². The maximum absolute atomic E-state index is 13.2. The normalized spacial score (nSPS) is 17.9. The van der Waals surface area contributed by atoms with Gasteiger partial charge in [-0.15, -0.1) is 11.3 Å². The Kier molecular flexibility index (Phi) is 7.36. The number of carbonyl (C=O) groups excluding carboxylic acids is 2. The number of nitrogens with zero attached hydrogens (tertiary/aromatic N) is 3. The summed E-state index contributed by atoms with van der Waals surface area (Å²) in [5.74, 6) is -1.31. The molecule has 1 unspecified atom stereocenters. The van der Waals surface area contributed by atoms with Crippen molar-refractivity contribution in [1.29, 1.82) is 0 Å². The number of thiophene rings is 1. The van der Waals surface area contributed by atoms with Crippen LogP contribution >= 0.6 is 22.7 Å². The summed E-state index contributed by atoms with van der Waals surface area (Å²) in [7, 11) is -3.63. The zero-order chi connectivity index (χ0) is 24.5. The van der Waals surface area contributed by atoms with Crippen molar-refractivity contribution < 1.29 is 22.7 Å². The van der Waals surface area contributed by atoms with Gasteiger partial charge in [-0.3, -0.25) is 9.59 Å². The van der Waals surface area contributed by atoms with Crippen molar-refractivity contribution >= 4 is 54.8 Å². The van der Waals surface area contributed by atoms with Crippen LogP contribution in [0, 0.1) is 19.8 Å². The van der Waals surface area contributed by atoms with Gasteiger partial charge in [0.1, 0.15) is 10.8 Å². The van der Waals surface area contributed by atoms with E-state index >= 15 is 0 Å². The number of benzene rings is 1. The molecule has 11 heteroatoms. The fraction of sp³-hybridized carbons (Fsp3) is 0.435. The molecule has 1 aliphatic heterocycles. The lowest BCUT2D eigenvalue weighted by Gasteiger charge is -2.29. The molecule has 1 aliphatic rings. The minimum Gasteiger partial charge on any atom is -0.465 e. The second-order valence-corrected chi connectivity index (χ2v) is 12.4. The van der Waals surface area contributed by atoms with Crippen LogP contribution in [0.5, 0.6) is 0 Å². The van der Waals surface area contributed by atoms with Gasteiger partial charge in [0.2, 0.25) is 0 Å². The molecule has 1 amide bonds. The molecule has 0 N–H and O–H groups in total. The molecule has 1 atom stereocenters. The molecular formula is C23H27N3O5S3. The summed E-state index contributed by atoms with van der Waals surface area (Å²) in [6.45, 7) is 6.41. The molecule has 8 nitrogen and oxygen atoms in total. The number of aryl methyl sites for hydroxylation is 2. The third-order valence-electron chi connectivity index (χ3n) is 5.74. The van der Waals surface area contributed by atoms with E-state index in [-0.39, 0.29) is 29.8 Å². The molecule has 182 valence electrons. The van der Waals surface area contributed by atoms with E-state index in [2.05, 4.69) is 4.99 Å². The highest BCUT2D eigenvalue weighted by Gasteiger charge is 2.34. The number of amides is 1. The van der Waals surface area contributed by atoms with Crippen LogP contribution in [-0.4, -0.2) is 48.9 Å². The van der Waals surface area contributed by atoms with Gasteiger partial charge in [-0.05, 0) is 62.3 Å². The van der Waals surface area contributed by atoms with Crippen molar-refractivity contribution in [2.24, 2.45) is 10.9 Å². The number of hydrogen-bond acceptors (Lipinski definition) is 7. The second-order valence-electron chi connectivity index (χ2n) is 8.29. The van der Waals surface area contributed by atoms with Crippen LogP contribution in [0.25, 0.3) is 10.2 Å². The van der Waals surface area contributed by atoms with Crippen molar-refractivity contribution in [3.8, 4) is 0 Å². The minimum absolute atomic E-state index is 0.0492. The van der Waals surface area contributed by atoms with Crippen LogP contribution in [0.2, 0.25) is 0 Å². The first-order chi connectivity index (χ1) is 16.2. The van der Waals surface area contributed by atoms with Gasteiger partial charge in [-0.1, -0.05) is 23.5 Å². The van der Waals surface area contributed by atoms with Crippen molar-refractivity contribution in [2.75, 3.05) is 19.7 Å². The highest BCUT2D eigenvalue weighted by Crippen LogP contribution is 2.27. The Morgan fingerprint density at radius 2 is 2.06 bits per heavy atom. The highest BCUT2D eigenvalue weighted by atomic mass is 32.2. The second kappa shape index (κ2) is 10.1. The van der Waals surface area contributed by atoms with Crippen molar-refractivity contribution in [2.45, 2.75) is 44.4 Å². The number of piperidine rings is 1. The fourth-order valence-electron chi connectivity index (χ4n) is 4.17. The van der Waals surface area contributed by atoms with Gasteiger partial charge in [0.25, 0.3) is 15.9 Å². The van der Waals surface area contributed by atoms with E-state index in [4.69, 9.17) is 4.74 Å². The predicted molar refractivity (Wildman–Crippen MR) is 132 cm³/mol. The molecule has 1 fully saturated rings. The molecule has 0 bridgehead atoms. The highest BCUT2D eigenvalue weighted by molar-refractivity contribution is 7.91. The van der Waals surface area contributed by atoms with Crippen LogP contribution in [-0.2, 0) is 30.9 Å². The maximum atomic E-state index is 13.2. The smallest absolute Gasteiger partial charge is 0.326 e. The number of sulfonamides is 1. The van der Waals surface area contributed by atoms with E-state index in [1.165, 1.54) is 27.0 Å². The molecule has 3 heterocycles. The van der Waals surface area contributed by atoms with Gasteiger partial charge in [0, 0.05) is 13.1 Å². The number of thiazole rings is 1. The van der Waals surface area contributed by atoms with Gasteiger partial charge < -0.3 is 9.30 Å². The molecular weight excluding hydrogens is 494 g/mol. The Hall–Kier alpha value is -2.34. The van der Waals surface area contributed by atoms with Gasteiger partial charge >= 0.3 is 5.97 Å². The zero-order valence-corrected chi connectivity index (χ0v) is 21.8. The van der Waals surface area contributed by atoms with Crippen LogP contribution in [0.15, 0.2) is 38.8 Å². The summed E-state index contributed by atoms with van der Waals surface area (Å²) in [5, 5.41) is 1.72. The lowest BCUT2D eigenvalue weighted by atomic mass is 9.99. The first kappa shape index (κ1) is 24.8. The topological polar surface area (TPSA) is 98.0 Å². The average Bonchev–Trinajstić information content (AvgIpc) is 3.44. The Morgan fingerprint density at radius 1 is 1.26 bits per heavy atom. The molecule has 0 radical (unpaired) electrons. The monoisotopic (exact) mass is 521 g/mol. The maximum Gasteiger partial charge on any atom is 0.326 e. The Balaban J connectivity index is 1.68. The van der Waals surface area contributed by atoms with E-state index in [0.717, 1.165) is 21.3 Å². The molecule has 0 spiro atoms. The molecule has 0 aliphatic carbocycles. The lowest BCUT2D eigenvalue weighted by molar-refractivity contribution is -0.143. The molecule has 4 rings (SSSR count). The third-order valence-corrected chi connectivity index (χ3v) is 10.2.